The molecule has 0 radical (unpaired) electrons. The highest BCUT2D eigenvalue weighted by molar-refractivity contribution is 5.92. The maximum absolute atomic E-state index is 12.4. The van der Waals surface area contributed by atoms with Gasteiger partial charge >= 0.3 is 0 Å². The Hall–Kier alpha value is -1.62. The number of amides is 1. The molecule has 22 heavy (non-hydrogen) atoms. The number of piperazine rings is 1. The van der Waals surface area contributed by atoms with Crippen LogP contribution >= 0.6 is 0 Å². The molecule has 2 fully saturated rings. The summed E-state index contributed by atoms with van der Waals surface area (Å²) < 4.78 is 5.22. The zero-order valence-corrected chi connectivity index (χ0v) is 13.1. The maximum atomic E-state index is 12.4. The van der Waals surface area contributed by atoms with Gasteiger partial charge in [0, 0.05) is 32.7 Å². The lowest BCUT2D eigenvalue weighted by Crippen LogP contribution is -2.50. The largest absolute Gasteiger partial charge is 0.438 e. The van der Waals surface area contributed by atoms with Gasteiger partial charge in [0.15, 0.2) is 6.39 Å². The van der Waals surface area contributed by atoms with E-state index in [-0.39, 0.29) is 5.91 Å². The molecule has 4 rings (SSSR count). The number of hydrogen-bond acceptors (Lipinski definition) is 4. The van der Waals surface area contributed by atoms with Gasteiger partial charge in [0.1, 0.15) is 0 Å². The number of fused-ring (bicyclic) bond motifs is 2. The van der Waals surface area contributed by atoms with Crippen molar-refractivity contribution in [3.05, 3.63) is 30.0 Å². The molecule has 5 heteroatoms. The lowest BCUT2D eigenvalue weighted by atomic mass is 9.93. The van der Waals surface area contributed by atoms with E-state index in [1.165, 1.54) is 25.8 Å². The van der Waals surface area contributed by atoms with E-state index in [9.17, 15) is 4.79 Å². The van der Waals surface area contributed by atoms with Gasteiger partial charge in [-0.15, -0.1) is 0 Å². The fraction of sp³-hybridized carbons (Fsp3) is 0.647. The van der Waals surface area contributed by atoms with E-state index in [0.717, 1.165) is 43.9 Å². The van der Waals surface area contributed by atoms with E-state index < -0.39 is 0 Å². The third-order valence-electron chi connectivity index (χ3n) is 5.51. The lowest BCUT2D eigenvalue weighted by Gasteiger charge is -2.36. The molecule has 0 aromatic carbocycles. The Morgan fingerprint density at radius 3 is 2.68 bits per heavy atom. The van der Waals surface area contributed by atoms with Crippen molar-refractivity contribution in [1.29, 1.82) is 0 Å². The summed E-state index contributed by atoms with van der Waals surface area (Å²) in [6, 6.07) is 0. The fourth-order valence-corrected chi connectivity index (χ4v) is 4.22. The smallest absolute Gasteiger partial charge is 0.291 e. The van der Waals surface area contributed by atoms with Crippen molar-refractivity contribution >= 4 is 5.91 Å². The summed E-state index contributed by atoms with van der Waals surface area (Å²) in [6.07, 6.45) is 8.90. The molecule has 0 N–H and O–H groups in total. The number of carbonyl (C=O) groups is 1. The number of aryl methyl sites for hydroxylation is 1. The molecule has 118 valence electrons. The van der Waals surface area contributed by atoms with Crippen LogP contribution in [0.1, 0.15) is 29.1 Å². The van der Waals surface area contributed by atoms with Crippen LogP contribution in [-0.4, -0.2) is 53.4 Å². The van der Waals surface area contributed by atoms with E-state index in [2.05, 4.69) is 22.0 Å². The first-order valence-corrected chi connectivity index (χ1v) is 8.31. The molecule has 3 aliphatic rings. The zero-order chi connectivity index (χ0) is 15.1. The molecule has 1 aromatic heterocycles. The Kier molecular flexibility index (Phi) is 3.53. The van der Waals surface area contributed by atoms with Gasteiger partial charge in [-0.25, -0.2) is 4.98 Å². The van der Waals surface area contributed by atoms with Crippen LogP contribution in [0.4, 0.5) is 0 Å². The van der Waals surface area contributed by atoms with Crippen molar-refractivity contribution in [3.63, 3.8) is 0 Å². The van der Waals surface area contributed by atoms with Crippen LogP contribution in [0.15, 0.2) is 23.0 Å². The van der Waals surface area contributed by atoms with E-state index in [1.54, 1.807) is 0 Å². The number of aromatic nitrogens is 1. The minimum absolute atomic E-state index is 0.0162. The number of hydrogen-bond donors (Lipinski definition) is 0. The molecule has 1 aliphatic heterocycles. The Labute approximate surface area is 131 Å². The van der Waals surface area contributed by atoms with Gasteiger partial charge in [0.05, 0.1) is 5.69 Å². The Morgan fingerprint density at radius 1 is 1.27 bits per heavy atom. The number of rotatable bonds is 3. The van der Waals surface area contributed by atoms with Gasteiger partial charge < -0.3 is 9.32 Å². The van der Waals surface area contributed by atoms with Gasteiger partial charge in [-0.1, -0.05) is 12.2 Å². The van der Waals surface area contributed by atoms with E-state index >= 15 is 0 Å². The Balaban J connectivity index is 1.30. The molecular weight excluding hydrogens is 278 g/mol. The van der Waals surface area contributed by atoms with Crippen LogP contribution in [0.25, 0.3) is 0 Å². The van der Waals surface area contributed by atoms with Crippen molar-refractivity contribution in [1.82, 2.24) is 14.8 Å². The first-order chi connectivity index (χ1) is 10.7. The molecule has 1 unspecified atom stereocenters. The van der Waals surface area contributed by atoms with E-state index in [1.807, 2.05) is 11.8 Å². The monoisotopic (exact) mass is 301 g/mol. The molecule has 2 aliphatic carbocycles. The van der Waals surface area contributed by atoms with E-state index in [4.69, 9.17) is 4.42 Å². The normalized spacial score (nSPS) is 31.1. The molecule has 0 spiro atoms. The highest BCUT2D eigenvalue weighted by Crippen LogP contribution is 2.43. The van der Waals surface area contributed by atoms with E-state index in [0.29, 0.717) is 11.5 Å². The van der Waals surface area contributed by atoms with Crippen LogP contribution in [0.2, 0.25) is 0 Å². The average molecular weight is 301 g/mol. The highest BCUT2D eigenvalue weighted by atomic mass is 16.3. The number of allylic oxidation sites excluding steroid dienone is 2. The summed E-state index contributed by atoms with van der Waals surface area (Å²) in [5.74, 6) is 2.85. The standard InChI is InChI=1S/C17H23N3O2/c1-12-16(22-11-18-12)17(21)20-6-4-19(5-7-20)10-15-9-13-2-3-14(15)8-13/h2-3,11,13-15H,4-10H2,1H3/t13-,14+,15?/m1/s1. The van der Waals surface area contributed by atoms with Gasteiger partial charge in [-0.2, -0.15) is 0 Å². The third-order valence-corrected chi connectivity index (χ3v) is 5.51. The molecule has 3 atom stereocenters. The molecule has 1 saturated heterocycles. The molecule has 2 bridgehead atoms. The van der Waals surface area contributed by atoms with Crippen LogP contribution in [-0.2, 0) is 0 Å². The van der Waals surface area contributed by atoms with Crippen LogP contribution in [0, 0.1) is 24.7 Å². The summed E-state index contributed by atoms with van der Waals surface area (Å²) in [4.78, 5) is 20.8. The third kappa shape index (κ3) is 2.47. The van der Waals surface area contributed by atoms with Gasteiger partial charge in [0.25, 0.3) is 5.91 Å². The summed E-state index contributed by atoms with van der Waals surface area (Å²) in [6.45, 7) is 6.52. The topological polar surface area (TPSA) is 49.6 Å². The van der Waals surface area contributed by atoms with Crippen molar-refractivity contribution in [3.8, 4) is 0 Å². The van der Waals surface area contributed by atoms with Gasteiger partial charge in [-0.3, -0.25) is 9.69 Å². The average Bonchev–Trinajstić information content (AvgIpc) is 3.24. The maximum Gasteiger partial charge on any atom is 0.291 e. The van der Waals surface area contributed by atoms with Crippen molar-refractivity contribution in [2.24, 2.45) is 17.8 Å². The minimum atomic E-state index is -0.0162. The lowest BCUT2D eigenvalue weighted by molar-refractivity contribution is 0.0579. The molecule has 5 nitrogen and oxygen atoms in total. The van der Waals surface area contributed by atoms with Crippen molar-refractivity contribution < 1.29 is 9.21 Å². The molecule has 1 aromatic rings. The van der Waals surface area contributed by atoms with Crippen LogP contribution < -0.4 is 0 Å². The van der Waals surface area contributed by atoms with Crippen molar-refractivity contribution in [2.75, 3.05) is 32.7 Å². The highest BCUT2D eigenvalue weighted by Gasteiger charge is 2.37. The predicted molar refractivity (Wildman–Crippen MR) is 82.4 cm³/mol. The molecular formula is C17H23N3O2. The molecule has 2 heterocycles. The quantitative estimate of drug-likeness (QED) is 0.801. The summed E-state index contributed by atoms with van der Waals surface area (Å²) in [5.41, 5.74) is 0.682. The minimum Gasteiger partial charge on any atom is -0.438 e. The van der Waals surface area contributed by atoms with Crippen molar-refractivity contribution in [2.45, 2.75) is 19.8 Å². The van der Waals surface area contributed by atoms with Crippen LogP contribution in [0.3, 0.4) is 0 Å². The number of nitrogens with zero attached hydrogens (tertiary/aromatic N) is 3. The Morgan fingerprint density at radius 2 is 2.09 bits per heavy atom. The van der Waals surface area contributed by atoms with Crippen LogP contribution in [0.5, 0.6) is 0 Å². The van der Waals surface area contributed by atoms with Gasteiger partial charge in [0.2, 0.25) is 5.76 Å². The first kappa shape index (κ1) is 14.0. The second-order valence-corrected chi connectivity index (χ2v) is 6.90. The summed E-state index contributed by atoms with van der Waals surface area (Å²) in [7, 11) is 0. The molecule has 1 amide bonds. The van der Waals surface area contributed by atoms with Gasteiger partial charge in [-0.05, 0) is 37.5 Å². The SMILES string of the molecule is Cc1ncoc1C(=O)N1CCN(CC2C[C@@H]3C=C[C@H]2C3)CC1. The number of carbonyl (C=O) groups excluding carboxylic acids is 1. The first-order valence-electron chi connectivity index (χ1n) is 8.31. The zero-order valence-electron chi connectivity index (χ0n) is 13.1. The number of oxazole rings is 1. The fourth-order valence-electron chi connectivity index (χ4n) is 4.22. The second-order valence-electron chi connectivity index (χ2n) is 6.90. The summed E-state index contributed by atoms with van der Waals surface area (Å²) >= 11 is 0. The second kappa shape index (κ2) is 5.54. The summed E-state index contributed by atoms with van der Waals surface area (Å²) in [5, 5.41) is 0. The Bertz CT molecular complexity index is 586. The molecule has 1 saturated carbocycles. The predicted octanol–water partition coefficient (Wildman–Crippen LogP) is 1.95.